The predicted molar refractivity (Wildman–Crippen MR) is 329 cm³/mol. The Labute approximate surface area is 481 Å². The first kappa shape index (κ1) is 74.7. The maximum Gasteiger partial charge on any atom is 0.306 e. The Kier molecular flexibility index (Phi) is 57.3. The first-order chi connectivity index (χ1) is 38.1. The van der Waals surface area contributed by atoms with Gasteiger partial charge in [-0.3, -0.25) is 9.59 Å². The van der Waals surface area contributed by atoms with Gasteiger partial charge in [0, 0.05) is 12.8 Å². The van der Waals surface area contributed by atoms with E-state index in [2.05, 4.69) is 86.8 Å². The van der Waals surface area contributed by atoms with Crippen molar-refractivity contribution in [3.63, 3.8) is 0 Å². The molecule has 9 nitrogen and oxygen atoms in total. The summed E-state index contributed by atoms with van der Waals surface area (Å²) >= 11 is 0. The van der Waals surface area contributed by atoms with Crippen molar-refractivity contribution in [3.05, 3.63) is 72.9 Å². The molecule has 0 amide bonds. The Morgan fingerprint density at radius 2 is 0.731 bits per heavy atom. The molecule has 0 radical (unpaired) electrons. The van der Waals surface area contributed by atoms with Crippen LogP contribution in [0.15, 0.2) is 72.9 Å². The second-order valence-electron chi connectivity index (χ2n) is 23.0. The van der Waals surface area contributed by atoms with Gasteiger partial charge in [-0.1, -0.05) is 286 Å². The minimum atomic E-state index is -1.63. The lowest BCUT2D eigenvalue weighted by Gasteiger charge is -2.26. The van der Waals surface area contributed by atoms with E-state index in [0.717, 1.165) is 96.3 Å². The van der Waals surface area contributed by atoms with Gasteiger partial charge >= 0.3 is 11.9 Å². The SMILES string of the molecule is CC/C=C\C/C=C\C/C=C\C/C=C\C/C=C\C/C=C\CCCCCCCCC(=O)OC(COC(=O)CCCCCCCCCCCCCCCCCCCCCCCCCCCCCC)COC(OCC[N+](C)(C)C)C(=O)[O-]. The van der Waals surface area contributed by atoms with Crippen molar-refractivity contribution in [2.75, 3.05) is 47.5 Å². The van der Waals surface area contributed by atoms with E-state index in [0.29, 0.717) is 17.4 Å². The van der Waals surface area contributed by atoms with Crippen molar-refractivity contribution < 1.29 is 42.9 Å². The van der Waals surface area contributed by atoms with Gasteiger partial charge in [0.25, 0.3) is 0 Å². The molecule has 0 spiro atoms. The van der Waals surface area contributed by atoms with Crippen molar-refractivity contribution in [3.8, 4) is 0 Å². The van der Waals surface area contributed by atoms with Crippen molar-refractivity contribution in [2.45, 2.75) is 302 Å². The van der Waals surface area contributed by atoms with Crippen LogP contribution in [0.2, 0.25) is 0 Å². The molecule has 0 N–H and O–H groups in total. The number of hydrogen-bond donors (Lipinski definition) is 0. The van der Waals surface area contributed by atoms with Gasteiger partial charge in [-0.05, 0) is 64.2 Å². The Hall–Kier alpha value is -3.27. The smallest absolute Gasteiger partial charge is 0.306 e. The fraction of sp³-hybridized carbons (Fsp3) is 0.783. The number of carbonyl (C=O) groups excluding carboxylic acids is 3. The highest BCUT2D eigenvalue weighted by Crippen LogP contribution is 2.18. The molecule has 0 aromatic carbocycles. The molecule has 78 heavy (non-hydrogen) atoms. The fourth-order valence-electron chi connectivity index (χ4n) is 9.25. The number of hydrogen-bond acceptors (Lipinski definition) is 8. The molecule has 0 bridgehead atoms. The van der Waals surface area contributed by atoms with Gasteiger partial charge in [0.1, 0.15) is 13.2 Å². The van der Waals surface area contributed by atoms with Crippen LogP contribution >= 0.6 is 0 Å². The van der Waals surface area contributed by atoms with E-state index in [9.17, 15) is 19.5 Å². The second kappa shape index (κ2) is 59.8. The zero-order valence-electron chi connectivity index (χ0n) is 51.5. The summed E-state index contributed by atoms with van der Waals surface area (Å²) in [7, 11) is 5.92. The molecule has 0 aliphatic carbocycles. The van der Waals surface area contributed by atoms with Gasteiger partial charge in [-0.25, -0.2) is 0 Å². The number of carbonyl (C=O) groups is 3. The number of quaternary nitrogens is 1. The minimum Gasteiger partial charge on any atom is -0.545 e. The van der Waals surface area contributed by atoms with E-state index >= 15 is 0 Å². The summed E-state index contributed by atoms with van der Waals surface area (Å²) in [6, 6.07) is 0. The molecule has 0 aromatic rings. The molecule has 2 unspecified atom stereocenters. The molecule has 0 rings (SSSR count). The third kappa shape index (κ3) is 60.4. The van der Waals surface area contributed by atoms with Crippen molar-refractivity contribution in [1.29, 1.82) is 0 Å². The molecule has 0 aromatic heterocycles. The summed E-state index contributed by atoms with van der Waals surface area (Å²) in [5, 5.41) is 11.8. The van der Waals surface area contributed by atoms with Crippen LogP contribution in [-0.2, 0) is 33.3 Å². The maximum absolute atomic E-state index is 12.9. The Bertz CT molecular complexity index is 1510. The van der Waals surface area contributed by atoms with Gasteiger partial charge < -0.3 is 33.3 Å². The standard InChI is InChI=1S/C69H123NO8/c1-6-8-10-12-14-16-18-20-22-24-26-28-30-32-33-34-36-37-39-41-43-45-47-49-51-53-55-57-59-66(71)76-63-65(64-77-69(68(73)74)75-62-61-70(3,4)5)78-67(72)60-58-56-54-52-50-48-46-44-42-40-38-35-31-29-27-25-23-21-19-17-15-13-11-9-7-2/h9,11,15,17,21,23,27,29,35,38,42,44,65,69H,6-8,10,12-14,16,18-20,22,24-26,28,30-34,36-37,39-41,43,45-64H2,1-5H3/b11-9-,17-15-,23-21-,29-27-,38-35-,44-42-. The first-order valence-corrected chi connectivity index (χ1v) is 32.6. The fourth-order valence-corrected chi connectivity index (χ4v) is 9.25. The van der Waals surface area contributed by atoms with E-state index in [-0.39, 0.29) is 38.6 Å². The molecular formula is C69H123NO8. The molecule has 0 aliphatic rings. The number of unbranched alkanes of at least 4 members (excludes halogenated alkanes) is 33. The Morgan fingerprint density at radius 3 is 1.09 bits per heavy atom. The van der Waals surface area contributed by atoms with Crippen molar-refractivity contribution in [1.82, 2.24) is 0 Å². The number of rotatable bonds is 60. The van der Waals surface area contributed by atoms with Crippen LogP contribution in [0, 0.1) is 0 Å². The van der Waals surface area contributed by atoms with E-state index in [1.807, 2.05) is 21.1 Å². The lowest BCUT2D eigenvalue weighted by atomic mass is 10.0. The van der Waals surface area contributed by atoms with Crippen LogP contribution < -0.4 is 5.11 Å². The van der Waals surface area contributed by atoms with Gasteiger partial charge in [-0.2, -0.15) is 0 Å². The van der Waals surface area contributed by atoms with E-state index < -0.39 is 24.3 Å². The van der Waals surface area contributed by atoms with Gasteiger partial charge in [0.2, 0.25) is 0 Å². The highest BCUT2D eigenvalue weighted by Gasteiger charge is 2.22. The Balaban J connectivity index is 4.18. The maximum atomic E-state index is 12.9. The molecule has 2 atom stereocenters. The number of likely N-dealkylation sites (N-methyl/N-ethyl adjacent to an activating group) is 1. The lowest BCUT2D eigenvalue weighted by molar-refractivity contribution is -0.870. The van der Waals surface area contributed by atoms with Crippen LogP contribution in [0.25, 0.3) is 0 Å². The molecule has 452 valence electrons. The molecular weight excluding hydrogens is 971 g/mol. The van der Waals surface area contributed by atoms with Crippen LogP contribution in [0.1, 0.15) is 290 Å². The largest absolute Gasteiger partial charge is 0.545 e. The van der Waals surface area contributed by atoms with Crippen molar-refractivity contribution >= 4 is 17.9 Å². The quantitative estimate of drug-likeness (QED) is 0.0195. The van der Waals surface area contributed by atoms with Crippen molar-refractivity contribution in [2.24, 2.45) is 0 Å². The molecule has 0 saturated carbocycles. The number of carboxylic acid groups (broad SMARTS) is 1. The lowest BCUT2D eigenvalue weighted by Crippen LogP contribution is -2.44. The normalized spacial score (nSPS) is 13.2. The van der Waals surface area contributed by atoms with Gasteiger partial charge in [0.15, 0.2) is 12.4 Å². The summed E-state index contributed by atoms with van der Waals surface area (Å²) in [5.74, 6) is -2.29. The summed E-state index contributed by atoms with van der Waals surface area (Å²) in [6.45, 7) is 4.65. The second-order valence-corrected chi connectivity index (χ2v) is 23.0. The molecule has 0 fully saturated rings. The molecule has 0 heterocycles. The number of nitrogens with zero attached hydrogens (tertiary/aromatic N) is 1. The highest BCUT2D eigenvalue weighted by molar-refractivity contribution is 5.70. The number of esters is 2. The number of allylic oxidation sites excluding steroid dienone is 12. The zero-order chi connectivity index (χ0) is 56.9. The van der Waals surface area contributed by atoms with Gasteiger partial charge in [0.05, 0.1) is 40.3 Å². The highest BCUT2D eigenvalue weighted by atomic mass is 16.7. The zero-order valence-corrected chi connectivity index (χ0v) is 51.5. The topological polar surface area (TPSA) is 111 Å². The third-order valence-corrected chi connectivity index (χ3v) is 14.2. The monoisotopic (exact) mass is 1090 g/mol. The summed E-state index contributed by atoms with van der Waals surface area (Å²) < 4.78 is 22.8. The Morgan fingerprint density at radius 1 is 0.397 bits per heavy atom. The number of ether oxygens (including phenoxy) is 4. The molecule has 9 heteroatoms. The predicted octanol–water partition coefficient (Wildman–Crippen LogP) is 18.4. The van der Waals surface area contributed by atoms with E-state index in [1.165, 1.54) is 161 Å². The number of aliphatic carboxylic acids is 1. The summed E-state index contributed by atoms with van der Waals surface area (Å²) in [5.41, 5.74) is 0. The van der Waals surface area contributed by atoms with Crippen LogP contribution in [0.4, 0.5) is 0 Å². The average molecular weight is 1090 g/mol. The number of carboxylic acids is 1. The average Bonchev–Trinajstić information content (AvgIpc) is 3.41. The van der Waals surface area contributed by atoms with E-state index in [4.69, 9.17) is 18.9 Å². The minimum absolute atomic E-state index is 0.143. The third-order valence-electron chi connectivity index (χ3n) is 14.2. The van der Waals surface area contributed by atoms with Crippen LogP contribution in [-0.4, -0.2) is 82.3 Å². The summed E-state index contributed by atoms with van der Waals surface area (Å²) in [4.78, 5) is 37.4. The summed E-state index contributed by atoms with van der Waals surface area (Å²) in [6.07, 6.45) is 75.4. The van der Waals surface area contributed by atoms with Crippen LogP contribution in [0.5, 0.6) is 0 Å². The molecule has 0 aliphatic heterocycles. The van der Waals surface area contributed by atoms with E-state index in [1.54, 1.807) is 0 Å². The van der Waals surface area contributed by atoms with Gasteiger partial charge in [-0.15, -0.1) is 0 Å². The van der Waals surface area contributed by atoms with Crippen LogP contribution in [0.3, 0.4) is 0 Å². The first-order valence-electron chi connectivity index (χ1n) is 32.6. The molecule has 0 saturated heterocycles.